The van der Waals surface area contributed by atoms with Crippen molar-refractivity contribution in [2.45, 2.75) is 44.4 Å². The number of benzene rings is 1. The highest BCUT2D eigenvalue weighted by atomic mass is 16.5. The van der Waals surface area contributed by atoms with Crippen LogP contribution in [0.4, 0.5) is 0 Å². The van der Waals surface area contributed by atoms with Crippen LogP contribution in [0, 0.1) is 5.92 Å². The van der Waals surface area contributed by atoms with Crippen molar-refractivity contribution in [1.82, 2.24) is 0 Å². The van der Waals surface area contributed by atoms with Crippen molar-refractivity contribution in [2.75, 3.05) is 21.3 Å². The molecule has 0 amide bonds. The molecule has 0 bridgehead atoms. The molecule has 1 saturated carbocycles. The van der Waals surface area contributed by atoms with Crippen LogP contribution in [0.25, 0.3) is 0 Å². The molecule has 0 radical (unpaired) electrons. The molecular weight excluding hydrogens is 358 g/mol. The second-order valence-electron chi connectivity index (χ2n) is 7.47. The summed E-state index contributed by atoms with van der Waals surface area (Å²) >= 11 is 0. The summed E-state index contributed by atoms with van der Waals surface area (Å²) in [5.41, 5.74) is 3.31. The van der Waals surface area contributed by atoms with Crippen LogP contribution in [0.5, 0.6) is 17.2 Å². The molecule has 2 atom stereocenters. The Hall–Kier alpha value is -2.63. The standard InChI is InChI=1S/C22H25NO5/c1-26-17-10-12(11-18(27-2)22(17)28-3)19-20-13(6-4-8-15(20)24)23-14-7-5-9-16(25)21(14)19/h10-11,19-20H,4-9H2,1-3H3/t19-,20?/m0/s1. The van der Waals surface area contributed by atoms with Crippen molar-refractivity contribution in [3.63, 3.8) is 0 Å². The van der Waals surface area contributed by atoms with Crippen molar-refractivity contribution in [3.8, 4) is 17.2 Å². The third kappa shape index (κ3) is 2.91. The molecule has 0 N–H and O–H groups in total. The van der Waals surface area contributed by atoms with Gasteiger partial charge in [-0.05, 0) is 43.4 Å². The first-order chi connectivity index (χ1) is 13.6. The lowest BCUT2D eigenvalue weighted by Crippen LogP contribution is -2.39. The number of fused-ring (bicyclic) bond motifs is 1. The van der Waals surface area contributed by atoms with Gasteiger partial charge in [0.15, 0.2) is 17.3 Å². The number of hydrogen-bond acceptors (Lipinski definition) is 6. The van der Waals surface area contributed by atoms with Gasteiger partial charge in [0.05, 0.1) is 27.2 Å². The predicted molar refractivity (Wildman–Crippen MR) is 105 cm³/mol. The van der Waals surface area contributed by atoms with Crippen molar-refractivity contribution < 1.29 is 23.8 Å². The van der Waals surface area contributed by atoms with E-state index in [1.807, 2.05) is 12.1 Å². The first kappa shape index (κ1) is 18.7. The maximum atomic E-state index is 12.9. The molecule has 1 aromatic carbocycles. The molecule has 1 aliphatic heterocycles. The van der Waals surface area contributed by atoms with Crippen LogP contribution < -0.4 is 14.2 Å². The van der Waals surface area contributed by atoms with Crippen molar-refractivity contribution >= 4 is 17.3 Å². The lowest BCUT2D eigenvalue weighted by molar-refractivity contribution is -0.122. The van der Waals surface area contributed by atoms with Gasteiger partial charge in [-0.1, -0.05) is 0 Å². The number of carbonyl (C=O) groups is 2. The van der Waals surface area contributed by atoms with E-state index in [0.717, 1.165) is 42.7 Å². The lowest BCUT2D eigenvalue weighted by atomic mass is 9.67. The Labute approximate surface area is 164 Å². The van der Waals surface area contributed by atoms with Gasteiger partial charge in [0.2, 0.25) is 5.75 Å². The Morgan fingerprint density at radius 1 is 0.857 bits per heavy atom. The molecule has 1 heterocycles. The van der Waals surface area contributed by atoms with Crippen LogP contribution in [0.3, 0.4) is 0 Å². The minimum Gasteiger partial charge on any atom is -0.493 e. The molecule has 0 aromatic heterocycles. The number of nitrogens with zero attached hydrogens (tertiary/aromatic N) is 1. The van der Waals surface area contributed by atoms with Crippen molar-refractivity contribution in [1.29, 1.82) is 0 Å². The zero-order valence-corrected chi connectivity index (χ0v) is 16.5. The number of Topliss-reactive ketones (excluding diaryl/α,β-unsaturated/α-hetero) is 2. The monoisotopic (exact) mass is 383 g/mol. The highest BCUT2D eigenvalue weighted by molar-refractivity contribution is 6.12. The fourth-order valence-electron chi connectivity index (χ4n) is 4.74. The third-order valence-corrected chi connectivity index (χ3v) is 5.96. The molecule has 1 unspecified atom stereocenters. The fourth-order valence-corrected chi connectivity index (χ4v) is 4.74. The van der Waals surface area contributed by atoms with Crippen LogP contribution in [0.1, 0.15) is 50.0 Å². The largest absolute Gasteiger partial charge is 0.493 e. The molecule has 1 aromatic rings. The average Bonchev–Trinajstić information content (AvgIpc) is 2.71. The van der Waals surface area contributed by atoms with Crippen molar-refractivity contribution in [3.05, 3.63) is 29.0 Å². The normalized spacial score (nSPS) is 24.3. The van der Waals surface area contributed by atoms with Crippen LogP contribution in [-0.2, 0) is 9.59 Å². The van der Waals surface area contributed by atoms with Gasteiger partial charge in [-0.2, -0.15) is 0 Å². The van der Waals surface area contributed by atoms with E-state index in [1.165, 1.54) is 0 Å². The molecule has 0 saturated heterocycles. The van der Waals surface area contributed by atoms with E-state index in [-0.39, 0.29) is 23.4 Å². The number of hydrogen-bond donors (Lipinski definition) is 0. The van der Waals surface area contributed by atoms with E-state index in [2.05, 4.69) is 0 Å². The van der Waals surface area contributed by atoms with Crippen LogP contribution in [-0.4, -0.2) is 38.6 Å². The molecule has 1 fully saturated rings. The van der Waals surface area contributed by atoms with Gasteiger partial charge in [0, 0.05) is 35.7 Å². The van der Waals surface area contributed by atoms with Gasteiger partial charge in [0.25, 0.3) is 0 Å². The van der Waals surface area contributed by atoms with E-state index in [9.17, 15) is 9.59 Å². The Bertz CT molecular complexity index is 873. The lowest BCUT2D eigenvalue weighted by Gasteiger charge is -2.38. The van der Waals surface area contributed by atoms with Gasteiger partial charge in [-0.3, -0.25) is 14.6 Å². The molecule has 6 nitrogen and oxygen atoms in total. The van der Waals surface area contributed by atoms with Crippen LogP contribution >= 0.6 is 0 Å². The molecule has 4 rings (SSSR count). The van der Waals surface area contributed by atoms with E-state index < -0.39 is 0 Å². The number of ketones is 2. The number of ether oxygens (including phenoxy) is 3. The second-order valence-corrected chi connectivity index (χ2v) is 7.47. The van der Waals surface area contributed by atoms with Gasteiger partial charge < -0.3 is 14.2 Å². The van der Waals surface area contributed by atoms with E-state index in [4.69, 9.17) is 19.2 Å². The maximum Gasteiger partial charge on any atom is 0.203 e. The zero-order valence-electron chi connectivity index (χ0n) is 16.5. The Balaban J connectivity index is 1.93. The second kappa shape index (κ2) is 7.41. The minimum atomic E-state index is -0.377. The van der Waals surface area contributed by atoms with Gasteiger partial charge in [-0.25, -0.2) is 0 Å². The van der Waals surface area contributed by atoms with Gasteiger partial charge >= 0.3 is 0 Å². The SMILES string of the molecule is COc1cc([C@@H]2C3=C(CCCC3=O)N=C3CCCC(=O)C32)cc(OC)c1OC. The molecule has 0 spiro atoms. The first-order valence-electron chi connectivity index (χ1n) is 9.75. The average molecular weight is 383 g/mol. The van der Waals surface area contributed by atoms with Crippen LogP contribution in [0.15, 0.2) is 28.4 Å². The molecule has 2 aliphatic carbocycles. The van der Waals surface area contributed by atoms with Gasteiger partial charge in [-0.15, -0.1) is 0 Å². The Morgan fingerprint density at radius 2 is 1.54 bits per heavy atom. The molecule has 6 heteroatoms. The van der Waals surface area contributed by atoms with Gasteiger partial charge in [0.1, 0.15) is 5.78 Å². The summed E-state index contributed by atoms with van der Waals surface area (Å²) in [6.45, 7) is 0. The van der Waals surface area contributed by atoms with E-state index in [1.54, 1.807) is 21.3 Å². The number of allylic oxidation sites excluding steroid dienone is 2. The third-order valence-electron chi connectivity index (χ3n) is 5.96. The maximum absolute atomic E-state index is 12.9. The Kier molecular flexibility index (Phi) is 4.96. The van der Waals surface area contributed by atoms with Crippen LogP contribution in [0.2, 0.25) is 0 Å². The quantitative estimate of drug-likeness (QED) is 0.794. The summed E-state index contributed by atoms with van der Waals surface area (Å²) in [6.07, 6.45) is 4.27. The minimum absolute atomic E-state index is 0.0983. The highest BCUT2D eigenvalue weighted by Gasteiger charge is 2.44. The summed E-state index contributed by atoms with van der Waals surface area (Å²) < 4.78 is 16.5. The topological polar surface area (TPSA) is 74.2 Å². The first-order valence-corrected chi connectivity index (χ1v) is 9.75. The summed E-state index contributed by atoms with van der Waals surface area (Å²) in [5.74, 6) is 1.09. The molecule has 3 aliphatic rings. The fraction of sp³-hybridized carbons (Fsp3) is 0.500. The molecule has 148 valence electrons. The summed E-state index contributed by atoms with van der Waals surface area (Å²) in [4.78, 5) is 30.6. The number of rotatable bonds is 4. The summed E-state index contributed by atoms with van der Waals surface area (Å²) in [6, 6.07) is 3.73. The predicted octanol–water partition coefficient (Wildman–Crippen LogP) is 3.63. The van der Waals surface area contributed by atoms with E-state index in [0.29, 0.717) is 35.7 Å². The number of carbonyl (C=O) groups excluding carboxylic acids is 2. The zero-order chi connectivity index (χ0) is 19.8. The summed E-state index contributed by atoms with van der Waals surface area (Å²) in [5, 5.41) is 0. The number of methoxy groups -OCH3 is 3. The Morgan fingerprint density at radius 3 is 2.18 bits per heavy atom. The smallest absolute Gasteiger partial charge is 0.203 e. The summed E-state index contributed by atoms with van der Waals surface area (Å²) in [7, 11) is 4.69. The highest BCUT2D eigenvalue weighted by Crippen LogP contribution is 2.49. The number of aliphatic imine (C=N–C) groups is 1. The van der Waals surface area contributed by atoms with E-state index >= 15 is 0 Å². The molecular formula is C22H25NO5. The molecule has 28 heavy (non-hydrogen) atoms. The van der Waals surface area contributed by atoms with Crippen molar-refractivity contribution in [2.24, 2.45) is 10.9 Å².